The average molecular weight is 599 g/mol. The summed E-state index contributed by atoms with van der Waals surface area (Å²) in [5.74, 6) is -3.23. The highest BCUT2D eigenvalue weighted by Gasteiger charge is 2.35. The van der Waals surface area contributed by atoms with Gasteiger partial charge in [0.15, 0.2) is 0 Å². The summed E-state index contributed by atoms with van der Waals surface area (Å²) >= 11 is 0. The smallest absolute Gasteiger partial charge is 0.310 e. The van der Waals surface area contributed by atoms with Gasteiger partial charge >= 0.3 is 5.97 Å². The number of aliphatic hydroxyl groups excluding tert-OH is 1. The number of nitrogens with one attached hydrogen (secondary N) is 2. The maximum absolute atomic E-state index is 13.7. The molecule has 0 fully saturated rings. The van der Waals surface area contributed by atoms with E-state index in [1.807, 2.05) is 66.7 Å². The van der Waals surface area contributed by atoms with E-state index < -0.39 is 47.8 Å². The normalized spacial score (nSPS) is 14.2. The molecule has 3 N–H and O–H groups in total. The van der Waals surface area contributed by atoms with Crippen molar-refractivity contribution in [1.82, 2.24) is 10.6 Å². The van der Waals surface area contributed by atoms with E-state index in [9.17, 15) is 19.5 Å². The van der Waals surface area contributed by atoms with Crippen molar-refractivity contribution in [1.29, 1.82) is 0 Å². The first-order valence-electron chi connectivity index (χ1n) is 14.7. The first-order valence-corrected chi connectivity index (χ1v) is 14.7. The second-order valence-corrected chi connectivity index (χ2v) is 10.5. The van der Waals surface area contributed by atoms with Gasteiger partial charge < -0.3 is 25.2 Å². The highest BCUT2D eigenvalue weighted by atomic mass is 16.5. The molecule has 5 atom stereocenters. The van der Waals surface area contributed by atoms with E-state index in [1.54, 1.807) is 30.3 Å². The molecular weight excluding hydrogens is 556 g/mol. The van der Waals surface area contributed by atoms with Crippen molar-refractivity contribution >= 4 is 17.8 Å². The van der Waals surface area contributed by atoms with E-state index in [0.717, 1.165) is 5.56 Å². The van der Waals surface area contributed by atoms with Gasteiger partial charge in [-0.05, 0) is 36.0 Å². The lowest BCUT2D eigenvalue weighted by molar-refractivity contribution is -0.158. The largest absolute Gasteiger partial charge is 0.455 e. The van der Waals surface area contributed by atoms with Crippen LogP contribution in [0, 0.1) is 11.8 Å². The summed E-state index contributed by atoms with van der Waals surface area (Å²) < 4.78 is 11.6. The molecule has 8 heteroatoms. The molecule has 2 amide bonds. The van der Waals surface area contributed by atoms with Crippen LogP contribution in [0.5, 0.6) is 0 Å². The molecule has 3 aromatic carbocycles. The van der Waals surface area contributed by atoms with Gasteiger partial charge in [-0.3, -0.25) is 14.4 Å². The summed E-state index contributed by atoms with van der Waals surface area (Å²) in [4.78, 5) is 40.7. The average Bonchev–Trinajstić information content (AvgIpc) is 3.05. The van der Waals surface area contributed by atoms with Crippen LogP contribution in [0.1, 0.15) is 41.7 Å². The van der Waals surface area contributed by atoms with Crippen LogP contribution in [-0.4, -0.2) is 49.3 Å². The maximum Gasteiger partial charge on any atom is 0.310 e. The molecule has 0 aromatic heterocycles. The van der Waals surface area contributed by atoms with E-state index in [1.165, 1.54) is 13.2 Å². The molecule has 0 radical (unpaired) electrons. The van der Waals surface area contributed by atoms with E-state index >= 15 is 0 Å². The van der Waals surface area contributed by atoms with Gasteiger partial charge in [0, 0.05) is 7.11 Å². The number of benzene rings is 3. The lowest BCUT2D eigenvalue weighted by atomic mass is 9.95. The minimum Gasteiger partial charge on any atom is -0.455 e. The number of rotatable bonds is 18. The van der Waals surface area contributed by atoms with Crippen LogP contribution in [0.3, 0.4) is 0 Å². The first-order chi connectivity index (χ1) is 21.4. The fourth-order valence-electron chi connectivity index (χ4n) is 4.97. The number of allylic oxidation sites excluding steroid dienone is 2. The maximum atomic E-state index is 13.7. The Bertz CT molecular complexity index is 1330. The van der Waals surface area contributed by atoms with E-state index in [2.05, 4.69) is 23.8 Å². The zero-order valence-electron chi connectivity index (χ0n) is 25.1. The summed E-state index contributed by atoms with van der Waals surface area (Å²) in [6, 6.07) is 26.3. The summed E-state index contributed by atoms with van der Waals surface area (Å²) in [5, 5.41) is 15.6. The van der Waals surface area contributed by atoms with Gasteiger partial charge in [-0.25, -0.2) is 0 Å². The Labute approximate surface area is 259 Å². The third-order valence-corrected chi connectivity index (χ3v) is 7.26. The van der Waals surface area contributed by atoms with Crippen LogP contribution in [0.25, 0.3) is 0 Å². The molecule has 0 aliphatic heterocycles. The number of hydrogen-bond acceptors (Lipinski definition) is 6. The minimum atomic E-state index is -1.15. The molecule has 3 aromatic rings. The zero-order valence-corrected chi connectivity index (χ0v) is 25.1. The molecule has 44 heavy (non-hydrogen) atoms. The third-order valence-electron chi connectivity index (χ3n) is 7.26. The Morgan fingerprint density at radius 2 is 1.34 bits per heavy atom. The van der Waals surface area contributed by atoms with Crippen molar-refractivity contribution in [3.8, 4) is 0 Å². The molecule has 232 valence electrons. The standard InChI is InChI=1S/C36H42N2O6/c1-4-15-29(23-26-17-9-6-10-18-26)36(42)44-33(28-21-13-8-14-22-28)32(25-43-3)38-35(41)30(16-5-2)34(40)37-31(24-39)27-19-11-7-12-20-27/h4-14,17-22,29-33,39H,1-2,15-16,23-25H2,3H3,(H,37,40)(H,38,41)/t29-,30?,31-,32-,33-/m0/s1. The van der Waals surface area contributed by atoms with Crippen molar-refractivity contribution < 1.29 is 29.0 Å². The second-order valence-electron chi connectivity index (χ2n) is 10.5. The third kappa shape index (κ3) is 10.0. The number of carbonyl (C=O) groups is 3. The molecule has 1 unspecified atom stereocenters. The van der Waals surface area contributed by atoms with Crippen LogP contribution in [-0.2, 0) is 30.3 Å². The minimum absolute atomic E-state index is 0.00903. The van der Waals surface area contributed by atoms with Gasteiger partial charge in [0.2, 0.25) is 11.8 Å². The number of amides is 2. The first kappa shape index (κ1) is 34.0. The number of ether oxygens (including phenoxy) is 2. The summed E-state index contributed by atoms with van der Waals surface area (Å²) in [5.41, 5.74) is 2.36. The highest BCUT2D eigenvalue weighted by Crippen LogP contribution is 2.26. The number of aliphatic hydroxyl groups is 1. The summed E-state index contributed by atoms with van der Waals surface area (Å²) in [6.07, 6.45) is 3.20. The molecule has 0 heterocycles. The fourth-order valence-corrected chi connectivity index (χ4v) is 4.97. The number of methoxy groups -OCH3 is 1. The molecule has 0 aliphatic carbocycles. The predicted octanol–water partition coefficient (Wildman–Crippen LogP) is 4.88. The van der Waals surface area contributed by atoms with Gasteiger partial charge in [0.1, 0.15) is 12.0 Å². The number of carbonyl (C=O) groups excluding carboxylic acids is 3. The van der Waals surface area contributed by atoms with Gasteiger partial charge in [-0.15, -0.1) is 13.2 Å². The van der Waals surface area contributed by atoms with Crippen LogP contribution in [0.4, 0.5) is 0 Å². The Morgan fingerprint density at radius 1 is 0.795 bits per heavy atom. The van der Waals surface area contributed by atoms with Gasteiger partial charge in [-0.2, -0.15) is 0 Å². The predicted molar refractivity (Wildman–Crippen MR) is 170 cm³/mol. The van der Waals surface area contributed by atoms with E-state index in [0.29, 0.717) is 24.0 Å². The van der Waals surface area contributed by atoms with Crippen LogP contribution in [0.2, 0.25) is 0 Å². The van der Waals surface area contributed by atoms with Crippen molar-refractivity contribution in [2.75, 3.05) is 20.3 Å². The van der Waals surface area contributed by atoms with Crippen molar-refractivity contribution in [2.24, 2.45) is 11.8 Å². The zero-order chi connectivity index (χ0) is 31.7. The van der Waals surface area contributed by atoms with E-state index in [-0.39, 0.29) is 19.6 Å². The molecular formula is C36H42N2O6. The molecule has 0 bridgehead atoms. The molecule has 8 nitrogen and oxygen atoms in total. The summed E-state index contributed by atoms with van der Waals surface area (Å²) in [6.45, 7) is 7.21. The van der Waals surface area contributed by atoms with Crippen molar-refractivity contribution in [3.05, 3.63) is 133 Å². The highest BCUT2D eigenvalue weighted by molar-refractivity contribution is 6.00. The van der Waals surface area contributed by atoms with Crippen molar-refractivity contribution in [2.45, 2.75) is 37.5 Å². The van der Waals surface area contributed by atoms with Crippen LogP contribution < -0.4 is 10.6 Å². The Kier molecular flexibility index (Phi) is 14.1. The van der Waals surface area contributed by atoms with E-state index in [4.69, 9.17) is 9.47 Å². The van der Waals surface area contributed by atoms with Crippen LogP contribution >= 0.6 is 0 Å². The second kappa shape index (κ2) is 18.2. The quantitative estimate of drug-likeness (QED) is 0.109. The fraction of sp³-hybridized carbons (Fsp3) is 0.306. The molecule has 0 spiro atoms. The lowest BCUT2D eigenvalue weighted by Crippen LogP contribution is -2.50. The van der Waals surface area contributed by atoms with Gasteiger partial charge in [0.05, 0.1) is 31.2 Å². The molecule has 0 saturated heterocycles. The number of esters is 1. The SMILES string of the molecule is C=CCC(C(=O)N[C@@H](CO)c1ccccc1)C(=O)N[C@@H](COC)[C@@H](OC(=O)[C@@H](CC=C)Cc1ccccc1)c1ccccc1. The Morgan fingerprint density at radius 3 is 1.89 bits per heavy atom. The lowest BCUT2D eigenvalue weighted by Gasteiger charge is -2.30. The van der Waals surface area contributed by atoms with Crippen LogP contribution in [0.15, 0.2) is 116 Å². The Balaban J connectivity index is 1.85. The van der Waals surface area contributed by atoms with Gasteiger partial charge in [-0.1, -0.05) is 103 Å². The monoisotopic (exact) mass is 598 g/mol. The molecule has 0 aliphatic rings. The topological polar surface area (TPSA) is 114 Å². The Hall–Kier alpha value is -4.53. The van der Waals surface area contributed by atoms with Gasteiger partial charge in [0.25, 0.3) is 0 Å². The summed E-state index contributed by atoms with van der Waals surface area (Å²) in [7, 11) is 1.48. The molecule has 0 saturated carbocycles. The number of hydrogen-bond donors (Lipinski definition) is 3. The molecule has 3 rings (SSSR count). The van der Waals surface area contributed by atoms with Crippen molar-refractivity contribution in [3.63, 3.8) is 0 Å².